The zero-order valence-electron chi connectivity index (χ0n) is 18.1. The molecule has 1 fully saturated rings. The molecule has 2 aromatic carbocycles. The lowest BCUT2D eigenvalue weighted by Crippen LogP contribution is -2.46. The fraction of sp³-hybridized carbons (Fsp3) is 0.308. The molecular formula is C26H27FN2O2S. The summed E-state index contributed by atoms with van der Waals surface area (Å²) in [6, 6.07) is 16.5. The van der Waals surface area contributed by atoms with Crippen molar-refractivity contribution in [2.75, 3.05) is 4.90 Å². The SMILES string of the molecule is Cc1ccc(N(C(=O)Cc2cccs2)[C@@H](C(=O)NC2CCCC2)c2ccc(F)cc2)cc1. The number of anilines is 1. The van der Waals surface area contributed by atoms with Crippen LogP contribution in [0.1, 0.15) is 47.7 Å². The van der Waals surface area contributed by atoms with Crippen molar-refractivity contribution >= 4 is 28.8 Å². The van der Waals surface area contributed by atoms with Crippen LogP contribution in [0.5, 0.6) is 0 Å². The second-order valence-corrected chi connectivity index (χ2v) is 9.33. The Kier molecular flexibility index (Phi) is 7.00. The van der Waals surface area contributed by atoms with Gasteiger partial charge in [-0.25, -0.2) is 4.39 Å². The van der Waals surface area contributed by atoms with Crippen LogP contribution in [0.2, 0.25) is 0 Å². The van der Waals surface area contributed by atoms with Gasteiger partial charge in [-0.3, -0.25) is 14.5 Å². The van der Waals surface area contributed by atoms with Gasteiger partial charge in [-0.15, -0.1) is 11.3 Å². The van der Waals surface area contributed by atoms with E-state index in [-0.39, 0.29) is 30.1 Å². The van der Waals surface area contributed by atoms with Gasteiger partial charge in [0.2, 0.25) is 11.8 Å². The smallest absolute Gasteiger partial charge is 0.248 e. The van der Waals surface area contributed by atoms with Crippen LogP contribution in [-0.4, -0.2) is 17.9 Å². The molecule has 0 saturated heterocycles. The number of rotatable bonds is 7. The van der Waals surface area contributed by atoms with Crippen LogP contribution in [0.4, 0.5) is 10.1 Å². The molecule has 3 aromatic rings. The number of nitrogens with zero attached hydrogens (tertiary/aromatic N) is 1. The summed E-state index contributed by atoms with van der Waals surface area (Å²) in [4.78, 5) is 29.7. The summed E-state index contributed by atoms with van der Waals surface area (Å²) in [6.07, 6.45) is 4.25. The fourth-order valence-corrected chi connectivity index (χ4v) is 4.90. The number of carbonyl (C=O) groups excluding carboxylic acids is 2. The van der Waals surface area contributed by atoms with E-state index in [4.69, 9.17) is 0 Å². The molecule has 1 atom stereocenters. The van der Waals surface area contributed by atoms with Gasteiger partial charge in [-0.1, -0.05) is 48.7 Å². The molecule has 0 bridgehead atoms. The molecule has 1 aliphatic carbocycles. The summed E-state index contributed by atoms with van der Waals surface area (Å²) in [5, 5.41) is 5.08. The highest BCUT2D eigenvalue weighted by molar-refractivity contribution is 7.10. The maximum Gasteiger partial charge on any atom is 0.248 e. The lowest BCUT2D eigenvalue weighted by Gasteiger charge is -2.32. The van der Waals surface area contributed by atoms with Crippen LogP contribution in [-0.2, 0) is 16.0 Å². The molecular weight excluding hydrogens is 423 g/mol. The summed E-state index contributed by atoms with van der Waals surface area (Å²) in [6.45, 7) is 1.98. The zero-order chi connectivity index (χ0) is 22.5. The molecule has 1 aliphatic rings. The first-order chi connectivity index (χ1) is 15.5. The topological polar surface area (TPSA) is 49.4 Å². The predicted octanol–water partition coefficient (Wildman–Crippen LogP) is 5.57. The minimum atomic E-state index is -0.883. The third-order valence-electron chi connectivity index (χ3n) is 5.88. The number of carbonyl (C=O) groups is 2. The number of nitrogens with one attached hydrogen (secondary N) is 1. The molecule has 0 aliphatic heterocycles. The van der Waals surface area contributed by atoms with E-state index in [0.717, 1.165) is 36.1 Å². The van der Waals surface area contributed by atoms with Crippen LogP contribution < -0.4 is 10.2 Å². The van der Waals surface area contributed by atoms with Crippen molar-refractivity contribution in [1.82, 2.24) is 5.32 Å². The Morgan fingerprint density at radius 3 is 2.38 bits per heavy atom. The standard InChI is InChI=1S/C26H27FN2O2S/c1-18-8-14-22(15-9-18)29(24(30)17-23-7-4-16-32-23)25(19-10-12-20(27)13-11-19)26(31)28-21-5-2-3-6-21/h4,7-16,21,25H,2-3,5-6,17H2,1H3,(H,28,31)/t25-/m1/s1. The van der Waals surface area contributed by atoms with Gasteiger partial charge in [0.1, 0.15) is 11.9 Å². The molecule has 166 valence electrons. The van der Waals surface area contributed by atoms with Gasteiger partial charge >= 0.3 is 0 Å². The molecule has 0 spiro atoms. The molecule has 6 heteroatoms. The Bertz CT molecular complexity index is 1040. The normalized spacial score (nSPS) is 14.8. The van der Waals surface area contributed by atoms with Crippen molar-refractivity contribution in [1.29, 1.82) is 0 Å². The maximum absolute atomic E-state index is 13.7. The molecule has 1 saturated carbocycles. The van der Waals surface area contributed by atoms with Crippen molar-refractivity contribution in [3.8, 4) is 0 Å². The first-order valence-electron chi connectivity index (χ1n) is 11.0. The Hall–Kier alpha value is -2.99. The van der Waals surface area contributed by atoms with Crippen LogP contribution in [0.25, 0.3) is 0 Å². The van der Waals surface area contributed by atoms with E-state index in [2.05, 4.69) is 5.32 Å². The second kappa shape index (κ2) is 10.1. The summed E-state index contributed by atoms with van der Waals surface area (Å²) < 4.78 is 13.7. The van der Waals surface area contributed by atoms with Crippen molar-refractivity contribution in [2.45, 2.75) is 51.1 Å². The van der Waals surface area contributed by atoms with E-state index >= 15 is 0 Å². The van der Waals surface area contributed by atoms with Crippen molar-refractivity contribution < 1.29 is 14.0 Å². The lowest BCUT2D eigenvalue weighted by atomic mass is 10.0. The highest BCUT2D eigenvalue weighted by Gasteiger charge is 2.34. The fourth-order valence-electron chi connectivity index (χ4n) is 4.20. The Labute approximate surface area is 192 Å². The van der Waals surface area contributed by atoms with Gasteiger partial charge in [0.05, 0.1) is 6.42 Å². The molecule has 1 N–H and O–H groups in total. The Balaban J connectivity index is 1.74. The molecule has 4 rings (SSSR count). The number of hydrogen-bond acceptors (Lipinski definition) is 3. The van der Waals surface area contributed by atoms with E-state index in [1.807, 2.05) is 48.7 Å². The molecule has 1 heterocycles. The minimum absolute atomic E-state index is 0.109. The quantitative estimate of drug-likeness (QED) is 0.511. The first-order valence-corrected chi connectivity index (χ1v) is 11.9. The zero-order valence-corrected chi connectivity index (χ0v) is 18.9. The van der Waals surface area contributed by atoms with Gasteiger partial charge in [0.25, 0.3) is 0 Å². The van der Waals surface area contributed by atoms with E-state index in [1.54, 1.807) is 17.0 Å². The monoisotopic (exact) mass is 450 g/mol. The van der Waals surface area contributed by atoms with E-state index in [1.165, 1.54) is 23.5 Å². The Morgan fingerprint density at radius 1 is 1.06 bits per heavy atom. The van der Waals surface area contributed by atoms with Gasteiger partial charge in [0.15, 0.2) is 0 Å². The molecule has 4 nitrogen and oxygen atoms in total. The van der Waals surface area contributed by atoms with Gasteiger partial charge < -0.3 is 5.32 Å². The lowest BCUT2D eigenvalue weighted by molar-refractivity contribution is -0.127. The molecule has 1 aromatic heterocycles. The highest BCUT2D eigenvalue weighted by atomic mass is 32.1. The van der Waals surface area contributed by atoms with Gasteiger partial charge in [0, 0.05) is 16.6 Å². The van der Waals surface area contributed by atoms with Crippen molar-refractivity contribution in [2.24, 2.45) is 0 Å². The number of thiophene rings is 1. The third kappa shape index (κ3) is 5.25. The second-order valence-electron chi connectivity index (χ2n) is 8.30. The maximum atomic E-state index is 13.7. The highest BCUT2D eigenvalue weighted by Crippen LogP contribution is 2.31. The summed E-state index contributed by atoms with van der Waals surface area (Å²) in [5.74, 6) is -0.786. The van der Waals surface area contributed by atoms with Crippen molar-refractivity contribution in [3.05, 3.63) is 87.9 Å². The largest absolute Gasteiger partial charge is 0.351 e. The molecule has 32 heavy (non-hydrogen) atoms. The van der Waals surface area contributed by atoms with Gasteiger partial charge in [-0.2, -0.15) is 0 Å². The van der Waals surface area contributed by atoms with Crippen LogP contribution in [0, 0.1) is 12.7 Å². The van der Waals surface area contributed by atoms with Gasteiger partial charge in [-0.05, 0) is 61.0 Å². The van der Waals surface area contributed by atoms with E-state index < -0.39 is 6.04 Å². The van der Waals surface area contributed by atoms with Crippen LogP contribution in [0.3, 0.4) is 0 Å². The minimum Gasteiger partial charge on any atom is -0.351 e. The molecule has 0 unspecified atom stereocenters. The Morgan fingerprint density at radius 2 is 1.75 bits per heavy atom. The number of halogens is 1. The predicted molar refractivity (Wildman–Crippen MR) is 126 cm³/mol. The summed E-state index contributed by atoms with van der Waals surface area (Å²) in [7, 11) is 0. The average Bonchev–Trinajstić information content (AvgIpc) is 3.48. The van der Waals surface area contributed by atoms with Crippen LogP contribution >= 0.6 is 11.3 Å². The van der Waals surface area contributed by atoms with E-state index in [9.17, 15) is 14.0 Å². The number of amides is 2. The van der Waals surface area contributed by atoms with Crippen LogP contribution in [0.15, 0.2) is 66.0 Å². The number of benzene rings is 2. The summed E-state index contributed by atoms with van der Waals surface area (Å²) >= 11 is 1.51. The summed E-state index contributed by atoms with van der Waals surface area (Å²) in [5.41, 5.74) is 2.29. The molecule has 2 amide bonds. The van der Waals surface area contributed by atoms with Crippen molar-refractivity contribution in [3.63, 3.8) is 0 Å². The third-order valence-corrected chi connectivity index (χ3v) is 6.76. The number of aryl methyl sites for hydroxylation is 1. The first kappa shape index (κ1) is 22.2. The number of hydrogen-bond donors (Lipinski definition) is 1. The molecule has 0 radical (unpaired) electrons. The van der Waals surface area contributed by atoms with E-state index in [0.29, 0.717) is 11.3 Å². The average molecular weight is 451 g/mol.